The number of rotatable bonds is 7. The molecule has 1 aromatic carbocycles. The average molecular weight is 408 g/mol. The van der Waals surface area contributed by atoms with Gasteiger partial charge < -0.3 is 9.32 Å². The summed E-state index contributed by atoms with van der Waals surface area (Å²) in [5, 5.41) is 8.54. The Bertz CT molecular complexity index is 1180. The lowest BCUT2D eigenvalue weighted by Gasteiger charge is -2.21. The summed E-state index contributed by atoms with van der Waals surface area (Å²) < 4.78 is 6.67. The van der Waals surface area contributed by atoms with E-state index in [-0.39, 0.29) is 24.4 Å². The third-order valence-corrected chi connectivity index (χ3v) is 5.57. The molecule has 1 amide bonds. The van der Waals surface area contributed by atoms with Crippen LogP contribution in [0.15, 0.2) is 64.0 Å². The molecule has 0 atom stereocenters. The van der Waals surface area contributed by atoms with Gasteiger partial charge in [0.15, 0.2) is 0 Å². The van der Waals surface area contributed by atoms with Gasteiger partial charge in [-0.3, -0.25) is 9.59 Å². The van der Waals surface area contributed by atoms with E-state index in [1.807, 2.05) is 31.2 Å². The standard InChI is InChI=1S/C21H20N4O3S/c1-15-8-9-17(29-15)14-24(13-16-5-4-12-28-16)20(26)10-11-25-21(27)18-6-2-3-7-19(18)22-23-25/h2-9,12H,10-11,13-14H2,1H3. The zero-order valence-electron chi connectivity index (χ0n) is 15.9. The molecule has 0 aliphatic carbocycles. The summed E-state index contributed by atoms with van der Waals surface area (Å²) in [6.07, 6.45) is 1.75. The Morgan fingerprint density at radius 2 is 2.00 bits per heavy atom. The number of aromatic nitrogens is 3. The number of aryl methyl sites for hydroxylation is 2. The van der Waals surface area contributed by atoms with Crippen LogP contribution in [0.1, 0.15) is 21.9 Å². The average Bonchev–Trinajstić information content (AvgIpc) is 3.38. The van der Waals surface area contributed by atoms with Crippen molar-refractivity contribution in [3.05, 3.63) is 80.7 Å². The maximum absolute atomic E-state index is 13.0. The fourth-order valence-corrected chi connectivity index (χ4v) is 4.02. The normalized spacial score (nSPS) is 11.1. The van der Waals surface area contributed by atoms with Gasteiger partial charge in [0.05, 0.1) is 31.3 Å². The highest BCUT2D eigenvalue weighted by atomic mass is 32.1. The van der Waals surface area contributed by atoms with Crippen molar-refractivity contribution in [3.8, 4) is 0 Å². The Morgan fingerprint density at radius 1 is 1.14 bits per heavy atom. The molecule has 0 saturated carbocycles. The minimum Gasteiger partial charge on any atom is -0.467 e. The molecule has 4 aromatic rings. The maximum Gasteiger partial charge on any atom is 0.277 e. The van der Waals surface area contributed by atoms with E-state index >= 15 is 0 Å². The van der Waals surface area contributed by atoms with Crippen LogP contribution in [-0.4, -0.2) is 25.8 Å². The molecule has 0 bridgehead atoms. The van der Waals surface area contributed by atoms with E-state index in [1.54, 1.807) is 46.8 Å². The first-order chi connectivity index (χ1) is 14.1. The number of amides is 1. The predicted molar refractivity (Wildman–Crippen MR) is 110 cm³/mol. The van der Waals surface area contributed by atoms with Gasteiger partial charge in [-0.05, 0) is 43.3 Å². The van der Waals surface area contributed by atoms with E-state index in [1.165, 1.54) is 9.56 Å². The molecule has 0 unspecified atom stereocenters. The van der Waals surface area contributed by atoms with Gasteiger partial charge in [0.25, 0.3) is 5.56 Å². The Labute approximate surface area is 171 Å². The Kier molecular flexibility index (Phi) is 5.53. The van der Waals surface area contributed by atoms with Gasteiger partial charge in [-0.25, -0.2) is 4.68 Å². The largest absolute Gasteiger partial charge is 0.467 e. The highest BCUT2D eigenvalue weighted by Gasteiger charge is 2.17. The molecule has 0 N–H and O–H groups in total. The Morgan fingerprint density at radius 3 is 2.76 bits per heavy atom. The van der Waals surface area contributed by atoms with E-state index < -0.39 is 0 Å². The summed E-state index contributed by atoms with van der Waals surface area (Å²) >= 11 is 1.66. The molecule has 148 valence electrons. The molecule has 0 saturated heterocycles. The Balaban J connectivity index is 1.50. The number of benzene rings is 1. The van der Waals surface area contributed by atoms with Crippen LogP contribution in [-0.2, 0) is 24.4 Å². The summed E-state index contributed by atoms with van der Waals surface area (Å²) in [5.41, 5.74) is 0.308. The summed E-state index contributed by atoms with van der Waals surface area (Å²) in [5.74, 6) is 0.642. The van der Waals surface area contributed by atoms with Crippen molar-refractivity contribution in [3.63, 3.8) is 0 Å². The number of carbonyl (C=O) groups is 1. The second-order valence-electron chi connectivity index (χ2n) is 6.73. The summed E-state index contributed by atoms with van der Waals surface area (Å²) in [4.78, 5) is 29.6. The second-order valence-corrected chi connectivity index (χ2v) is 8.10. The lowest BCUT2D eigenvalue weighted by atomic mass is 10.2. The highest BCUT2D eigenvalue weighted by Crippen LogP contribution is 2.19. The smallest absolute Gasteiger partial charge is 0.277 e. The van der Waals surface area contributed by atoms with Gasteiger partial charge in [0.1, 0.15) is 11.3 Å². The first kappa shape index (κ1) is 19.1. The van der Waals surface area contributed by atoms with Crippen LogP contribution in [0.5, 0.6) is 0 Å². The number of thiophene rings is 1. The molecule has 0 fully saturated rings. The number of hydrogen-bond acceptors (Lipinski definition) is 6. The minimum atomic E-state index is -0.241. The van der Waals surface area contributed by atoms with Gasteiger partial charge in [-0.2, -0.15) is 0 Å². The first-order valence-electron chi connectivity index (χ1n) is 9.28. The highest BCUT2D eigenvalue weighted by molar-refractivity contribution is 7.11. The molecule has 7 nitrogen and oxygen atoms in total. The van der Waals surface area contributed by atoms with Crippen molar-refractivity contribution in [1.82, 2.24) is 19.9 Å². The van der Waals surface area contributed by atoms with Crippen LogP contribution in [0.4, 0.5) is 0 Å². The molecule has 0 aliphatic heterocycles. The molecule has 0 radical (unpaired) electrons. The van der Waals surface area contributed by atoms with Gasteiger partial charge in [0.2, 0.25) is 5.91 Å². The van der Waals surface area contributed by atoms with Gasteiger partial charge >= 0.3 is 0 Å². The van der Waals surface area contributed by atoms with Crippen molar-refractivity contribution < 1.29 is 9.21 Å². The van der Waals surface area contributed by atoms with Crippen LogP contribution >= 0.6 is 11.3 Å². The van der Waals surface area contributed by atoms with Gasteiger partial charge in [-0.15, -0.1) is 16.4 Å². The molecule has 0 aliphatic rings. The fraction of sp³-hybridized carbons (Fsp3) is 0.238. The molecular weight excluding hydrogens is 388 g/mol. The van der Waals surface area contributed by atoms with Crippen LogP contribution < -0.4 is 5.56 Å². The third-order valence-electron chi connectivity index (χ3n) is 4.59. The third kappa shape index (κ3) is 4.43. The topological polar surface area (TPSA) is 81.2 Å². The van der Waals surface area contributed by atoms with E-state index in [0.29, 0.717) is 29.8 Å². The molecule has 3 aromatic heterocycles. The van der Waals surface area contributed by atoms with Crippen molar-refractivity contribution in [2.75, 3.05) is 0 Å². The second kappa shape index (κ2) is 8.40. The molecule has 4 rings (SSSR count). The molecule has 29 heavy (non-hydrogen) atoms. The zero-order chi connectivity index (χ0) is 20.2. The molecular formula is C21H20N4O3S. The summed E-state index contributed by atoms with van der Waals surface area (Å²) in [7, 11) is 0. The quantitative estimate of drug-likeness (QED) is 0.468. The number of nitrogens with zero attached hydrogens (tertiary/aromatic N) is 4. The van der Waals surface area contributed by atoms with E-state index in [9.17, 15) is 9.59 Å². The number of hydrogen-bond donors (Lipinski definition) is 0. The van der Waals surface area contributed by atoms with Crippen LogP contribution in [0.2, 0.25) is 0 Å². The van der Waals surface area contributed by atoms with E-state index in [0.717, 1.165) is 4.88 Å². The number of fused-ring (bicyclic) bond motifs is 1. The van der Waals surface area contributed by atoms with Crippen molar-refractivity contribution in [1.29, 1.82) is 0 Å². The lowest BCUT2D eigenvalue weighted by molar-refractivity contribution is -0.133. The molecule has 3 heterocycles. The minimum absolute atomic E-state index is 0.0747. The fourth-order valence-electron chi connectivity index (χ4n) is 3.11. The maximum atomic E-state index is 13.0. The van der Waals surface area contributed by atoms with Gasteiger partial charge in [-0.1, -0.05) is 17.3 Å². The SMILES string of the molecule is Cc1ccc(CN(Cc2ccco2)C(=O)CCn2nnc3ccccc3c2=O)s1. The summed E-state index contributed by atoms with van der Waals surface area (Å²) in [6, 6.07) is 14.8. The lowest BCUT2D eigenvalue weighted by Crippen LogP contribution is -2.32. The molecule has 0 spiro atoms. The van der Waals surface area contributed by atoms with Crippen LogP contribution in [0.25, 0.3) is 10.9 Å². The predicted octanol–water partition coefficient (Wildman–Crippen LogP) is 3.37. The Hall–Kier alpha value is -3.26. The monoisotopic (exact) mass is 408 g/mol. The summed E-state index contributed by atoms with van der Waals surface area (Å²) in [6.45, 7) is 3.09. The zero-order valence-corrected chi connectivity index (χ0v) is 16.8. The molecule has 8 heteroatoms. The van der Waals surface area contributed by atoms with Crippen molar-refractivity contribution in [2.24, 2.45) is 0 Å². The van der Waals surface area contributed by atoms with E-state index in [2.05, 4.69) is 10.3 Å². The first-order valence-corrected chi connectivity index (χ1v) is 10.1. The van der Waals surface area contributed by atoms with Crippen LogP contribution in [0, 0.1) is 6.92 Å². The van der Waals surface area contributed by atoms with Crippen molar-refractivity contribution >= 4 is 28.1 Å². The van der Waals surface area contributed by atoms with Crippen LogP contribution in [0.3, 0.4) is 0 Å². The van der Waals surface area contributed by atoms with E-state index in [4.69, 9.17) is 4.42 Å². The number of carbonyl (C=O) groups excluding carboxylic acids is 1. The van der Waals surface area contributed by atoms with Gasteiger partial charge in [0, 0.05) is 16.2 Å². The van der Waals surface area contributed by atoms with Crippen molar-refractivity contribution in [2.45, 2.75) is 33.0 Å². The number of furan rings is 1.